The van der Waals surface area contributed by atoms with Crippen LogP contribution in [0.2, 0.25) is 0 Å². The van der Waals surface area contributed by atoms with Gasteiger partial charge < -0.3 is 24.4 Å². The van der Waals surface area contributed by atoms with Crippen molar-refractivity contribution < 1.29 is 33.4 Å². The van der Waals surface area contributed by atoms with Gasteiger partial charge in [-0.25, -0.2) is 0 Å². The van der Waals surface area contributed by atoms with E-state index >= 15 is 0 Å². The third kappa shape index (κ3) is 33.8. The van der Waals surface area contributed by atoms with Crippen molar-refractivity contribution in [2.75, 3.05) is 58.5 Å². The summed E-state index contributed by atoms with van der Waals surface area (Å²) in [6.45, 7) is 18.5. The second kappa shape index (κ2) is 37.9. The van der Waals surface area contributed by atoms with Crippen LogP contribution in [0, 0.1) is 17.8 Å². The summed E-state index contributed by atoms with van der Waals surface area (Å²) in [5.41, 5.74) is 4.81. The van der Waals surface area contributed by atoms with E-state index in [0.717, 1.165) is 62.5 Å². The Morgan fingerprint density at radius 2 is 1.18 bits per heavy atom. The quantitative estimate of drug-likeness (QED) is 0.0215. The Kier molecular flexibility index (Phi) is 36.1. The molecule has 0 aromatic rings. The number of thioether (sulfide) groups is 1. The van der Waals surface area contributed by atoms with E-state index in [1.807, 2.05) is 45.0 Å². The summed E-state index contributed by atoms with van der Waals surface area (Å²) in [5.74, 6) is -2.46. The fourth-order valence-electron chi connectivity index (χ4n) is 6.51. The number of nitrogens with zero attached hydrogens (tertiary/aromatic N) is 1. The molecule has 0 aromatic carbocycles. The van der Waals surface area contributed by atoms with Gasteiger partial charge in [0.1, 0.15) is 19.1 Å². The van der Waals surface area contributed by atoms with Gasteiger partial charge >= 0.3 is 17.9 Å². The molecule has 9 nitrogen and oxygen atoms in total. The average Bonchev–Trinajstić information content (AvgIpc) is 3.18. The molecule has 0 saturated carbocycles. The molecule has 0 rings (SSSR count). The summed E-state index contributed by atoms with van der Waals surface area (Å²) in [6.07, 6.45) is 26.0. The number of carbonyl (C=O) groups is 4. The zero-order valence-corrected chi connectivity index (χ0v) is 40.7. The van der Waals surface area contributed by atoms with Gasteiger partial charge in [-0.05, 0) is 124 Å². The molecule has 0 fully saturated rings. The predicted molar refractivity (Wildman–Crippen MR) is 253 cm³/mol. The van der Waals surface area contributed by atoms with E-state index in [1.165, 1.54) is 74.3 Å². The molecule has 0 bridgehead atoms. The molecule has 3 atom stereocenters. The summed E-state index contributed by atoms with van der Waals surface area (Å²) < 4.78 is 17.2. The van der Waals surface area contributed by atoms with Crippen LogP contribution in [0.3, 0.4) is 0 Å². The number of allylic oxidation sites excluding steroid dienone is 6. The van der Waals surface area contributed by atoms with Crippen LogP contribution < -0.4 is 5.32 Å². The Hall–Kier alpha value is -2.85. The lowest BCUT2D eigenvalue weighted by Crippen LogP contribution is -2.40. The van der Waals surface area contributed by atoms with Crippen molar-refractivity contribution in [3.05, 3.63) is 46.6 Å². The fraction of sp³-hybridized carbons (Fsp3) is 0.760. The molecule has 3 unspecified atom stereocenters. The van der Waals surface area contributed by atoms with Crippen LogP contribution in [0.1, 0.15) is 171 Å². The van der Waals surface area contributed by atoms with Crippen LogP contribution in [0.5, 0.6) is 0 Å². The first-order valence-electron chi connectivity index (χ1n) is 23.3. The van der Waals surface area contributed by atoms with Crippen LogP contribution in [-0.2, 0) is 33.4 Å². The number of unbranched alkanes of at least 4 members (excludes halogenated alkanes) is 8. The highest BCUT2D eigenvalue weighted by molar-refractivity contribution is 7.99. The van der Waals surface area contributed by atoms with E-state index in [9.17, 15) is 19.2 Å². The number of likely N-dealkylation sites (N-methyl/N-ethyl adjacent to an activating group) is 1. The zero-order valence-electron chi connectivity index (χ0n) is 39.9. The van der Waals surface area contributed by atoms with Gasteiger partial charge in [-0.1, -0.05) is 113 Å². The molecule has 0 aliphatic rings. The summed E-state index contributed by atoms with van der Waals surface area (Å²) in [7, 11) is 3.87. The minimum atomic E-state index is -0.962. The molecule has 0 radical (unpaired) electrons. The van der Waals surface area contributed by atoms with E-state index in [-0.39, 0.29) is 43.6 Å². The number of hydrogen-bond acceptors (Lipinski definition) is 9. The molecule has 10 heteroatoms. The lowest BCUT2D eigenvalue weighted by molar-refractivity contribution is -0.154. The lowest BCUT2D eigenvalue weighted by Gasteiger charge is -2.21. The molecule has 0 aromatic heterocycles. The largest absolute Gasteiger partial charge is 0.465 e. The van der Waals surface area contributed by atoms with Gasteiger partial charge in [0.05, 0.1) is 18.9 Å². The van der Waals surface area contributed by atoms with Crippen LogP contribution in [-0.4, -0.2) is 87.2 Å². The molecule has 1 N–H and O–H groups in total. The number of esters is 3. The Morgan fingerprint density at radius 1 is 0.650 bits per heavy atom. The molecule has 0 heterocycles. The van der Waals surface area contributed by atoms with Crippen LogP contribution in [0.25, 0.3) is 0 Å². The summed E-state index contributed by atoms with van der Waals surface area (Å²) in [5, 5.41) is 2.94. The van der Waals surface area contributed by atoms with E-state index in [4.69, 9.17) is 14.2 Å². The van der Waals surface area contributed by atoms with Crippen LogP contribution >= 0.6 is 11.8 Å². The summed E-state index contributed by atoms with van der Waals surface area (Å²) in [6, 6.07) is 0. The van der Waals surface area contributed by atoms with Crippen molar-refractivity contribution in [2.45, 2.75) is 171 Å². The van der Waals surface area contributed by atoms with E-state index in [0.29, 0.717) is 25.4 Å². The zero-order chi connectivity index (χ0) is 45.0. The normalized spacial score (nSPS) is 13.3. The molecule has 346 valence electrons. The lowest BCUT2D eigenvalue weighted by atomic mass is 9.95. The standard InChI is InChI=1S/C50H88N2O7S/c1-11-13-15-17-18-20-28-44(27-19-16-14-12-2)38-59-50(56)46(48(54)51-32-33-52(9)10)31-36-60-39-45(49(55)58-35-30-43(8)26-22-24-41(5)6)37-47(53)57-34-29-42(7)25-21-23-40(3)4/h23-24,29-30,44-46H,11-22,25-28,31-39H2,1-10H3,(H,51,54)/b42-29+,43-30+. The highest BCUT2D eigenvalue weighted by Crippen LogP contribution is 2.23. The van der Waals surface area contributed by atoms with Gasteiger partial charge in [-0.3, -0.25) is 19.2 Å². The maximum Gasteiger partial charge on any atom is 0.318 e. The molecular formula is C50H88N2O7S. The number of amides is 1. The van der Waals surface area contributed by atoms with Gasteiger partial charge in [0, 0.05) is 18.8 Å². The van der Waals surface area contributed by atoms with Crippen molar-refractivity contribution in [3.8, 4) is 0 Å². The van der Waals surface area contributed by atoms with Crippen molar-refractivity contribution in [1.29, 1.82) is 0 Å². The fourth-order valence-corrected chi connectivity index (χ4v) is 7.61. The Balaban J connectivity index is 5.73. The first kappa shape index (κ1) is 57.1. The topological polar surface area (TPSA) is 111 Å². The Labute approximate surface area is 371 Å². The van der Waals surface area contributed by atoms with Gasteiger partial charge in [0.15, 0.2) is 0 Å². The second-order valence-corrected chi connectivity index (χ2v) is 18.5. The molecule has 0 aliphatic carbocycles. The molecular weight excluding hydrogens is 773 g/mol. The highest BCUT2D eigenvalue weighted by Gasteiger charge is 2.30. The van der Waals surface area contributed by atoms with Crippen LogP contribution in [0.15, 0.2) is 46.6 Å². The molecule has 60 heavy (non-hydrogen) atoms. The van der Waals surface area contributed by atoms with E-state index < -0.39 is 29.7 Å². The summed E-state index contributed by atoms with van der Waals surface area (Å²) in [4.78, 5) is 55.5. The van der Waals surface area contributed by atoms with Gasteiger partial charge in [-0.15, -0.1) is 0 Å². The monoisotopic (exact) mass is 861 g/mol. The van der Waals surface area contributed by atoms with E-state index in [2.05, 4.69) is 59.0 Å². The van der Waals surface area contributed by atoms with Crippen molar-refractivity contribution in [3.63, 3.8) is 0 Å². The predicted octanol–water partition coefficient (Wildman–Crippen LogP) is 11.8. The number of nitrogens with one attached hydrogen (secondary N) is 1. The van der Waals surface area contributed by atoms with Crippen molar-refractivity contribution in [1.82, 2.24) is 10.2 Å². The molecule has 0 spiro atoms. The number of carbonyl (C=O) groups excluding carboxylic acids is 4. The molecule has 1 amide bonds. The highest BCUT2D eigenvalue weighted by atomic mass is 32.2. The first-order chi connectivity index (χ1) is 28.7. The SMILES string of the molecule is CCCCCCCCC(CCCCCC)COC(=O)C(CCSCC(CC(=O)OC/C=C(\C)CCC=C(C)C)C(=O)OC/C=C(\C)CCC=C(C)C)C(=O)NCCN(C)C. The minimum Gasteiger partial charge on any atom is -0.465 e. The maximum absolute atomic E-state index is 13.6. The van der Waals surface area contributed by atoms with Crippen molar-refractivity contribution in [2.24, 2.45) is 17.8 Å². The summed E-state index contributed by atoms with van der Waals surface area (Å²) >= 11 is 1.43. The Morgan fingerprint density at radius 3 is 1.73 bits per heavy atom. The smallest absolute Gasteiger partial charge is 0.318 e. The molecule has 0 aliphatic heterocycles. The minimum absolute atomic E-state index is 0.117. The molecule has 0 saturated heterocycles. The Bertz CT molecular complexity index is 1300. The first-order valence-corrected chi connectivity index (χ1v) is 24.4. The number of rotatable bonds is 37. The van der Waals surface area contributed by atoms with Gasteiger partial charge in [0.2, 0.25) is 5.91 Å². The number of hydrogen-bond donors (Lipinski definition) is 1. The third-order valence-electron chi connectivity index (χ3n) is 10.5. The number of ether oxygens (including phenoxy) is 3. The maximum atomic E-state index is 13.6. The van der Waals surface area contributed by atoms with Gasteiger partial charge in [0.25, 0.3) is 0 Å². The third-order valence-corrected chi connectivity index (χ3v) is 11.6. The second-order valence-electron chi connectivity index (χ2n) is 17.4. The average molecular weight is 861 g/mol. The van der Waals surface area contributed by atoms with Crippen LogP contribution in [0.4, 0.5) is 0 Å². The van der Waals surface area contributed by atoms with Crippen molar-refractivity contribution >= 4 is 35.6 Å². The van der Waals surface area contributed by atoms with E-state index in [1.54, 1.807) is 0 Å². The van der Waals surface area contributed by atoms with Gasteiger partial charge in [-0.2, -0.15) is 11.8 Å².